The zero-order valence-corrected chi connectivity index (χ0v) is 10.5. The summed E-state index contributed by atoms with van der Waals surface area (Å²) < 4.78 is 8.25. The first kappa shape index (κ1) is 17.8. The lowest BCUT2D eigenvalue weighted by Gasteiger charge is -1.83. The van der Waals surface area contributed by atoms with Gasteiger partial charge >= 0.3 is 17.9 Å². The summed E-state index contributed by atoms with van der Waals surface area (Å²) in [6, 6.07) is 0. The van der Waals surface area contributed by atoms with Gasteiger partial charge in [0.2, 0.25) is 0 Å². The molecule has 0 saturated heterocycles. The SMILES string of the molecule is C=C(Cl)Cl.C=COC(C)=O.O=C1C=CC(=O)O1. The summed E-state index contributed by atoms with van der Waals surface area (Å²) in [4.78, 5) is 29.6. The molecule has 1 aliphatic rings. The minimum absolute atomic E-state index is 0.111. The van der Waals surface area contributed by atoms with Crippen molar-refractivity contribution in [2.24, 2.45) is 0 Å². The van der Waals surface area contributed by atoms with Crippen molar-refractivity contribution in [3.05, 3.63) is 36.1 Å². The third kappa shape index (κ3) is 20.5. The Labute approximate surface area is 108 Å². The summed E-state index contributed by atoms with van der Waals surface area (Å²) in [5, 5.41) is 0. The van der Waals surface area contributed by atoms with Crippen LogP contribution in [0, 0.1) is 0 Å². The molecule has 0 aromatic rings. The average molecular weight is 281 g/mol. The van der Waals surface area contributed by atoms with E-state index in [1.54, 1.807) is 0 Å². The van der Waals surface area contributed by atoms with E-state index in [1.165, 1.54) is 6.92 Å². The molecule has 7 heteroatoms. The average Bonchev–Trinajstić information content (AvgIpc) is 2.49. The molecule has 1 heterocycles. The molecule has 0 saturated carbocycles. The van der Waals surface area contributed by atoms with Crippen LogP contribution in [0.4, 0.5) is 0 Å². The van der Waals surface area contributed by atoms with E-state index in [1.807, 2.05) is 0 Å². The molecule has 0 amide bonds. The van der Waals surface area contributed by atoms with Gasteiger partial charge in [-0.15, -0.1) is 0 Å². The molecule has 5 nitrogen and oxygen atoms in total. The fraction of sp³-hybridized carbons (Fsp3) is 0.100. The maximum absolute atomic E-state index is 9.92. The quantitative estimate of drug-likeness (QED) is 0.419. The van der Waals surface area contributed by atoms with E-state index >= 15 is 0 Å². The Morgan fingerprint density at radius 3 is 1.76 bits per heavy atom. The summed E-state index contributed by atoms with van der Waals surface area (Å²) >= 11 is 9.69. The van der Waals surface area contributed by atoms with Gasteiger partial charge in [-0.3, -0.25) is 4.79 Å². The lowest BCUT2D eigenvalue weighted by Crippen LogP contribution is -1.96. The molecule has 17 heavy (non-hydrogen) atoms. The van der Waals surface area contributed by atoms with Gasteiger partial charge in [-0.05, 0) is 0 Å². The normalized spacial score (nSPS) is 11.2. The summed E-state index contributed by atoms with van der Waals surface area (Å²) in [5.41, 5.74) is 0. The number of esters is 3. The predicted octanol–water partition coefficient (Wildman–Crippen LogP) is 2.25. The van der Waals surface area contributed by atoms with Crippen LogP contribution in [0.1, 0.15) is 6.92 Å². The Morgan fingerprint density at radius 2 is 1.71 bits per heavy atom. The summed E-state index contributed by atoms with van der Waals surface area (Å²) in [6.07, 6.45) is 3.27. The van der Waals surface area contributed by atoms with Crippen molar-refractivity contribution in [2.45, 2.75) is 6.92 Å². The lowest BCUT2D eigenvalue weighted by molar-refractivity contribution is -0.150. The highest BCUT2D eigenvalue weighted by atomic mass is 35.5. The maximum Gasteiger partial charge on any atom is 0.338 e. The zero-order valence-electron chi connectivity index (χ0n) is 8.94. The molecular weight excluding hydrogens is 271 g/mol. The van der Waals surface area contributed by atoms with E-state index in [2.05, 4.69) is 22.6 Å². The van der Waals surface area contributed by atoms with Crippen LogP contribution in [-0.4, -0.2) is 17.9 Å². The fourth-order valence-electron chi connectivity index (χ4n) is 0.421. The monoisotopic (exact) mass is 280 g/mol. The highest BCUT2D eigenvalue weighted by molar-refractivity contribution is 6.55. The second-order valence-corrected chi connectivity index (χ2v) is 3.29. The number of carbonyl (C=O) groups excluding carboxylic acids is 3. The maximum atomic E-state index is 9.92. The molecule has 1 rings (SSSR count). The first-order valence-corrected chi connectivity index (χ1v) is 4.77. The molecule has 0 aromatic heterocycles. The summed E-state index contributed by atoms with van der Waals surface area (Å²) in [6.45, 7) is 7.57. The highest BCUT2D eigenvalue weighted by Gasteiger charge is 2.10. The molecule has 94 valence electrons. The van der Waals surface area contributed by atoms with Gasteiger partial charge in [0.05, 0.1) is 10.8 Å². The van der Waals surface area contributed by atoms with Gasteiger partial charge in [0.15, 0.2) is 0 Å². The van der Waals surface area contributed by atoms with E-state index in [4.69, 9.17) is 23.2 Å². The molecule has 0 aliphatic carbocycles. The molecule has 0 N–H and O–H groups in total. The van der Waals surface area contributed by atoms with E-state index in [-0.39, 0.29) is 10.5 Å². The van der Waals surface area contributed by atoms with Crippen molar-refractivity contribution in [2.75, 3.05) is 0 Å². The molecule has 0 atom stereocenters. The number of ether oxygens (including phenoxy) is 2. The van der Waals surface area contributed by atoms with Crippen LogP contribution in [0.3, 0.4) is 0 Å². The Hall–Kier alpha value is -1.59. The van der Waals surface area contributed by atoms with Crippen molar-refractivity contribution in [1.29, 1.82) is 0 Å². The molecule has 0 radical (unpaired) electrons. The van der Waals surface area contributed by atoms with Crippen LogP contribution in [0.2, 0.25) is 0 Å². The van der Waals surface area contributed by atoms with Gasteiger partial charge in [0, 0.05) is 19.1 Å². The van der Waals surface area contributed by atoms with Crippen molar-refractivity contribution >= 4 is 41.1 Å². The molecule has 0 aromatic carbocycles. The molecule has 0 unspecified atom stereocenters. The van der Waals surface area contributed by atoms with Gasteiger partial charge < -0.3 is 9.47 Å². The largest absolute Gasteiger partial charge is 0.435 e. The highest BCUT2D eigenvalue weighted by Crippen LogP contribution is 1.98. The van der Waals surface area contributed by atoms with E-state index in [9.17, 15) is 14.4 Å². The first-order valence-electron chi connectivity index (χ1n) is 4.01. The van der Waals surface area contributed by atoms with Crippen LogP contribution in [0.25, 0.3) is 0 Å². The fourth-order valence-corrected chi connectivity index (χ4v) is 0.421. The molecule has 0 bridgehead atoms. The third-order valence-electron chi connectivity index (χ3n) is 0.806. The Morgan fingerprint density at radius 1 is 1.35 bits per heavy atom. The molecule has 1 aliphatic heterocycles. The molecule has 0 spiro atoms. The predicted molar refractivity (Wildman–Crippen MR) is 63.0 cm³/mol. The van der Waals surface area contributed by atoms with Gasteiger partial charge in [-0.25, -0.2) is 9.59 Å². The summed E-state index contributed by atoms with van der Waals surface area (Å²) in [5.74, 6) is -1.49. The lowest BCUT2D eigenvalue weighted by atomic mass is 10.6. The van der Waals surface area contributed by atoms with E-state index in [0.29, 0.717) is 0 Å². The van der Waals surface area contributed by atoms with E-state index in [0.717, 1.165) is 18.4 Å². The second-order valence-electron chi connectivity index (χ2n) is 2.19. The number of hydrogen-bond acceptors (Lipinski definition) is 5. The van der Waals surface area contributed by atoms with Crippen LogP contribution < -0.4 is 0 Å². The van der Waals surface area contributed by atoms with Crippen LogP contribution in [0.5, 0.6) is 0 Å². The van der Waals surface area contributed by atoms with Crippen LogP contribution in [0.15, 0.2) is 36.1 Å². The standard InChI is InChI=1S/C4H2O3.C4H6O2.C2H2Cl2/c5-3-1-2-4(6)7-3;1-3-6-4(2)5;1-2(3)4/h1-2H;3H,1H2,2H3;1H2. The molecule has 0 fully saturated rings. The van der Waals surface area contributed by atoms with E-state index < -0.39 is 11.9 Å². The minimum atomic E-state index is -0.579. The summed E-state index contributed by atoms with van der Waals surface area (Å²) in [7, 11) is 0. The number of rotatable bonds is 1. The number of halogens is 2. The topological polar surface area (TPSA) is 69.7 Å². The Kier molecular flexibility index (Phi) is 11.4. The zero-order chi connectivity index (χ0) is 13.8. The van der Waals surface area contributed by atoms with Crippen molar-refractivity contribution in [1.82, 2.24) is 0 Å². The Balaban J connectivity index is 0. The Bertz CT molecular complexity index is 327. The number of carbonyl (C=O) groups is 3. The van der Waals surface area contributed by atoms with Crippen molar-refractivity contribution in [3.8, 4) is 0 Å². The first-order chi connectivity index (χ1) is 7.79. The van der Waals surface area contributed by atoms with Gasteiger partial charge in [-0.1, -0.05) is 36.4 Å². The van der Waals surface area contributed by atoms with Crippen LogP contribution >= 0.6 is 23.2 Å². The van der Waals surface area contributed by atoms with Crippen molar-refractivity contribution in [3.63, 3.8) is 0 Å². The smallest absolute Gasteiger partial charge is 0.338 e. The third-order valence-corrected chi connectivity index (χ3v) is 0.806. The molecular formula is C10H10Cl2O5. The number of cyclic esters (lactones) is 2. The van der Waals surface area contributed by atoms with Gasteiger partial charge in [-0.2, -0.15) is 0 Å². The minimum Gasteiger partial charge on any atom is -0.435 e. The van der Waals surface area contributed by atoms with Crippen molar-refractivity contribution < 1.29 is 23.9 Å². The number of hydrogen-bond donors (Lipinski definition) is 0. The van der Waals surface area contributed by atoms with Gasteiger partial charge in [0.1, 0.15) is 0 Å². The van der Waals surface area contributed by atoms with Crippen LogP contribution in [-0.2, 0) is 23.9 Å². The second kappa shape index (κ2) is 10.9. The van der Waals surface area contributed by atoms with Gasteiger partial charge in [0.25, 0.3) is 0 Å².